The summed E-state index contributed by atoms with van der Waals surface area (Å²) < 4.78 is 0. The number of hydrogen-bond donors (Lipinski definition) is 0. The third-order valence-electron chi connectivity index (χ3n) is 5.15. The Kier molecular flexibility index (Phi) is 3.72. The number of rotatable bonds is 2. The minimum absolute atomic E-state index is 0.0118. The van der Waals surface area contributed by atoms with Crippen LogP contribution in [0.5, 0.6) is 0 Å². The first-order valence-corrected chi connectivity index (χ1v) is 9.17. The maximum absolute atomic E-state index is 13.3. The maximum atomic E-state index is 13.3. The summed E-state index contributed by atoms with van der Waals surface area (Å²) in [6.45, 7) is 0.676. The molecule has 0 bridgehead atoms. The smallest absolute Gasteiger partial charge is 0.278 e. The van der Waals surface area contributed by atoms with E-state index < -0.39 is 0 Å². The van der Waals surface area contributed by atoms with E-state index >= 15 is 0 Å². The number of amidine groups is 1. The van der Waals surface area contributed by atoms with Gasteiger partial charge >= 0.3 is 0 Å². The van der Waals surface area contributed by atoms with E-state index in [0.29, 0.717) is 12.2 Å². The molecule has 0 aromatic heterocycles. The highest BCUT2D eigenvalue weighted by Crippen LogP contribution is 2.34. The molecule has 130 valence electrons. The van der Waals surface area contributed by atoms with Gasteiger partial charge < -0.3 is 0 Å². The zero-order valence-corrected chi connectivity index (χ0v) is 14.8. The topological polar surface area (TPSA) is 32.7 Å². The molecule has 27 heavy (non-hydrogen) atoms. The summed E-state index contributed by atoms with van der Waals surface area (Å²) in [6.07, 6.45) is 0.861. The van der Waals surface area contributed by atoms with Gasteiger partial charge in [0.25, 0.3) is 5.91 Å². The van der Waals surface area contributed by atoms with Crippen LogP contribution >= 0.6 is 0 Å². The Bertz CT molecular complexity index is 1040. The van der Waals surface area contributed by atoms with Gasteiger partial charge in [0, 0.05) is 17.7 Å². The molecule has 3 aromatic carbocycles. The van der Waals surface area contributed by atoms with Gasteiger partial charge in [-0.25, -0.2) is 4.99 Å². The summed E-state index contributed by atoms with van der Waals surface area (Å²) >= 11 is 0. The zero-order chi connectivity index (χ0) is 18.2. The standard InChI is InChI=1S/C24H18N2O/c27-24-22(25-23-20-14-8-7-9-17(20)15-16-26(23)24)21(18-10-3-1-4-11-18)19-12-5-2-6-13-19/h1-14H,15-16H2. The van der Waals surface area contributed by atoms with Crippen molar-refractivity contribution >= 4 is 17.3 Å². The predicted molar refractivity (Wildman–Crippen MR) is 107 cm³/mol. The third-order valence-corrected chi connectivity index (χ3v) is 5.15. The highest BCUT2D eigenvalue weighted by Gasteiger charge is 2.36. The van der Waals surface area contributed by atoms with Crippen molar-refractivity contribution in [1.29, 1.82) is 0 Å². The predicted octanol–water partition coefficient (Wildman–Crippen LogP) is 4.29. The van der Waals surface area contributed by atoms with Crippen LogP contribution < -0.4 is 0 Å². The molecule has 0 unspecified atom stereocenters. The van der Waals surface area contributed by atoms with Crippen molar-refractivity contribution in [3.8, 4) is 0 Å². The van der Waals surface area contributed by atoms with Gasteiger partial charge in [-0.15, -0.1) is 0 Å². The van der Waals surface area contributed by atoms with Crippen molar-refractivity contribution in [3.05, 3.63) is 113 Å². The van der Waals surface area contributed by atoms with E-state index in [2.05, 4.69) is 12.1 Å². The number of carbonyl (C=O) groups is 1. The van der Waals surface area contributed by atoms with Crippen LogP contribution in [0.3, 0.4) is 0 Å². The van der Waals surface area contributed by atoms with E-state index in [-0.39, 0.29) is 5.91 Å². The average molecular weight is 350 g/mol. The van der Waals surface area contributed by atoms with Crippen LogP contribution in [-0.4, -0.2) is 23.2 Å². The van der Waals surface area contributed by atoms with E-state index in [1.807, 2.05) is 77.7 Å². The molecule has 3 nitrogen and oxygen atoms in total. The van der Waals surface area contributed by atoms with Gasteiger partial charge in [-0.1, -0.05) is 84.9 Å². The zero-order valence-electron chi connectivity index (χ0n) is 14.8. The Morgan fingerprint density at radius 3 is 2.04 bits per heavy atom. The number of fused-ring (bicyclic) bond motifs is 3. The molecule has 2 heterocycles. The minimum atomic E-state index is -0.0118. The minimum Gasteiger partial charge on any atom is -0.290 e. The Morgan fingerprint density at radius 2 is 1.37 bits per heavy atom. The number of nitrogens with zero attached hydrogens (tertiary/aromatic N) is 2. The summed E-state index contributed by atoms with van der Waals surface area (Å²) in [5, 5.41) is 0. The highest BCUT2D eigenvalue weighted by molar-refractivity contribution is 6.22. The van der Waals surface area contributed by atoms with Gasteiger partial charge in [0.15, 0.2) is 0 Å². The van der Waals surface area contributed by atoms with Crippen LogP contribution in [0.25, 0.3) is 5.57 Å². The molecule has 0 aliphatic carbocycles. The van der Waals surface area contributed by atoms with Gasteiger partial charge in [0.2, 0.25) is 0 Å². The molecule has 0 saturated heterocycles. The second-order valence-electron chi connectivity index (χ2n) is 6.76. The van der Waals surface area contributed by atoms with Crippen molar-refractivity contribution in [2.75, 3.05) is 6.54 Å². The molecule has 0 saturated carbocycles. The van der Waals surface area contributed by atoms with Gasteiger partial charge in [0.1, 0.15) is 11.5 Å². The number of hydrogen-bond acceptors (Lipinski definition) is 2. The van der Waals surface area contributed by atoms with E-state index in [0.717, 1.165) is 34.5 Å². The lowest BCUT2D eigenvalue weighted by Crippen LogP contribution is -2.38. The van der Waals surface area contributed by atoms with E-state index in [9.17, 15) is 4.79 Å². The van der Waals surface area contributed by atoms with Crippen LogP contribution in [0, 0.1) is 0 Å². The largest absolute Gasteiger partial charge is 0.290 e. The first-order chi connectivity index (χ1) is 13.3. The summed E-state index contributed by atoms with van der Waals surface area (Å²) in [6, 6.07) is 28.3. The number of benzene rings is 3. The van der Waals surface area contributed by atoms with Crippen molar-refractivity contribution < 1.29 is 4.79 Å². The van der Waals surface area contributed by atoms with Gasteiger partial charge in [-0.3, -0.25) is 9.69 Å². The fraction of sp³-hybridized carbons (Fsp3) is 0.0833. The van der Waals surface area contributed by atoms with Crippen LogP contribution in [0.2, 0.25) is 0 Å². The van der Waals surface area contributed by atoms with Crippen LogP contribution in [0.4, 0.5) is 0 Å². The summed E-state index contributed by atoms with van der Waals surface area (Å²) in [5.41, 5.74) is 5.74. The van der Waals surface area contributed by atoms with Gasteiger partial charge in [-0.2, -0.15) is 0 Å². The van der Waals surface area contributed by atoms with Crippen LogP contribution in [0.1, 0.15) is 22.3 Å². The second kappa shape index (κ2) is 6.36. The molecule has 2 aliphatic heterocycles. The summed E-state index contributed by atoms with van der Waals surface area (Å²) in [5.74, 6) is 0.767. The second-order valence-corrected chi connectivity index (χ2v) is 6.76. The van der Waals surface area contributed by atoms with Gasteiger partial charge in [0.05, 0.1) is 0 Å². The van der Waals surface area contributed by atoms with Crippen LogP contribution in [0.15, 0.2) is 95.6 Å². The molecular weight excluding hydrogens is 332 g/mol. The number of carbonyl (C=O) groups excluding carboxylic acids is 1. The molecule has 0 fully saturated rings. The lowest BCUT2D eigenvalue weighted by molar-refractivity contribution is -0.122. The number of aliphatic imine (C=N–C) groups is 1. The van der Waals surface area contributed by atoms with Gasteiger partial charge in [-0.05, 0) is 23.1 Å². The summed E-state index contributed by atoms with van der Waals surface area (Å²) in [4.78, 5) is 20.0. The SMILES string of the molecule is O=C1C(=C(c2ccccc2)c2ccccc2)N=C2c3ccccc3CCN12. The molecule has 5 rings (SSSR count). The van der Waals surface area contributed by atoms with E-state index in [4.69, 9.17) is 4.99 Å². The number of amides is 1. The highest BCUT2D eigenvalue weighted by atomic mass is 16.2. The molecule has 2 aliphatic rings. The molecule has 0 spiro atoms. The average Bonchev–Trinajstić information content (AvgIpc) is 3.07. The first-order valence-electron chi connectivity index (χ1n) is 9.17. The molecular formula is C24H18N2O. The van der Waals surface area contributed by atoms with E-state index in [1.54, 1.807) is 0 Å². The maximum Gasteiger partial charge on any atom is 0.278 e. The Hall–Kier alpha value is -3.46. The van der Waals surface area contributed by atoms with Crippen LogP contribution in [-0.2, 0) is 11.2 Å². The molecule has 0 radical (unpaired) electrons. The Labute approximate surface area is 158 Å². The molecule has 1 amide bonds. The lowest BCUT2D eigenvalue weighted by Gasteiger charge is -2.25. The molecule has 0 atom stereocenters. The Morgan fingerprint density at radius 1 is 0.778 bits per heavy atom. The van der Waals surface area contributed by atoms with E-state index in [1.165, 1.54) is 5.56 Å². The normalized spacial score (nSPS) is 15.3. The van der Waals surface area contributed by atoms with Crippen molar-refractivity contribution in [1.82, 2.24) is 4.90 Å². The van der Waals surface area contributed by atoms with Crippen molar-refractivity contribution in [2.24, 2.45) is 4.99 Å². The molecule has 3 aromatic rings. The van der Waals surface area contributed by atoms with Crippen molar-refractivity contribution in [2.45, 2.75) is 6.42 Å². The molecule has 0 N–H and O–H groups in total. The monoisotopic (exact) mass is 350 g/mol. The van der Waals surface area contributed by atoms with Crippen molar-refractivity contribution in [3.63, 3.8) is 0 Å². The fourth-order valence-electron chi connectivity index (χ4n) is 3.85. The summed E-state index contributed by atoms with van der Waals surface area (Å²) in [7, 11) is 0. The first kappa shape index (κ1) is 15.8. The fourth-order valence-corrected chi connectivity index (χ4v) is 3.85. The quantitative estimate of drug-likeness (QED) is 0.635. The molecule has 3 heteroatoms. The lowest BCUT2D eigenvalue weighted by atomic mass is 9.95. The third kappa shape index (κ3) is 2.59. The Balaban J connectivity index is 1.76.